The zero-order chi connectivity index (χ0) is 12.7. The molecule has 2 nitrogen and oxygen atoms in total. The molecule has 0 spiro atoms. The topological polar surface area (TPSA) is 24.1 Å². The van der Waals surface area contributed by atoms with Gasteiger partial charge in [-0.1, -0.05) is 36.4 Å². The average molecular weight is 250 g/mol. The minimum Gasteiger partial charge on any atom is -0.355 e. The van der Waals surface area contributed by atoms with Crippen molar-refractivity contribution in [2.45, 2.75) is 18.3 Å². The predicted octanol–water partition coefficient (Wildman–Crippen LogP) is 3.60. The molecular formula is C17H18N2. The van der Waals surface area contributed by atoms with Crippen LogP contribution in [0.25, 0.3) is 0 Å². The van der Waals surface area contributed by atoms with Crippen LogP contribution in [0.5, 0.6) is 0 Å². The molecule has 2 aromatic carbocycles. The molecule has 2 unspecified atom stereocenters. The Morgan fingerprint density at radius 2 is 1.42 bits per heavy atom. The van der Waals surface area contributed by atoms with Crippen molar-refractivity contribution in [3.8, 4) is 0 Å². The number of para-hydroxylation sites is 2. The van der Waals surface area contributed by atoms with Crippen LogP contribution < -0.4 is 10.6 Å². The number of hydrogen-bond donors (Lipinski definition) is 2. The summed E-state index contributed by atoms with van der Waals surface area (Å²) in [5.74, 6) is 1.22. The fraction of sp³-hybridized carbons (Fsp3) is 0.294. The van der Waals surface area contributed by atoms with E-state index in [-0.39, 0.29) is 0 Å². The van der Waals surface area contributed by atoms with Gasteiger partial charge in [0.2, 0.25) is 0 Å². The van der Waals surface area contributed by atoms with Crippen LogP contribution in [0, 0.1) is 0 Å². The summed E-state index contributed by atoms with van der Waals surface area (Å²) in [5.41, 5.74) is 5.48. The van der Waals surface area contributed by atoms with E-state index in [9.17, 15) is 0 Å². The molecule has 0 saturated carbocycles. The first kappa shape index (κ1) is 11.1. The normalized spacial score (nSPS) is 24.4. The number of piperidine rings is 1. The molecule has 0 aliphatic carbocycles. The van der Waals surface area contributed by atoms with E-state index < -0.39 is 0 Å². The third-order valence-electron chi connectivity index (χ3n) is 4.47. The van der Waals surface area contributed by atoms with Crippen molar-refractivity contribution >= 4 is 11.4 Å². The summed E-state index contributed by atoms with van der Waals surface area (Å²) in [6, 6.07) is 17.5. The van der Waals surface area contributed by atoms with Gasteiger partial charge >= 0.3 is 0 Å². The number of benzene rings is 2. The largest absolute Gasteiger partial charge is 0.355 e. The monoisotopic (exact) mass is 250 g/mol. The molecule has 0 radical (unpaired) electrons. The SMILES string of the molecule is c1ccc2c(c1)Nc1ccccc1C1CNCCC21. The summed E-state index contributed by atoms with van der Waals surface area (Å²) >= 11 is 0. The highest BCUT2D eigenvalue weighted by molar-refractivity contribution is 5.70. The minimum absolute atomic E-state index is 0.584. The smallest absolute Gasteiger partial charge is 0.0420 e. The van der Waals surface area contributed by atoms with Gasteiger partial charge < -0.3 is 10.6 Å². The van der Waals surface area contributed by atoms with Gasteiger partial charge in [0, 0.05) is 23.8 Å². The second-order valence-corrected chi connectivity index (χ2v) is 5.51. The summed E-state index contributed by atoms with van der Waals surface area (Å²) in [4.78, 5) is 0. The molecule has 96 valence electrons. The Labute approximate surface area is 113 Å². The van der Waals surface area contributed by atoms with Crippen LogP contribution in [0.2, 0.25) is 0 Å². The molecule has 2 aliphatic rings. The van der Waals surface area contributed by atoms with Gasteiger partial charge in [-0.2, -0.15) is 0 Å². The Morgan fingerprint density at radius 3 is 2.16 bits per heavy atom. The van der Waals surface area contributed by atoms with Gasteiger partial charge in [-0.3, -0.25) is 0 Å². The number of hydrogen-bond acceptors (Lipinski definition) is 2. The third kappa shape index (κ3) is 1.75. The summed E-state index contributed by atoms with van der Waals surface area (Å²) < 4.78 is 0. The molecular weight excluding hydrogens is 232 g/mol. The summed E-state index contributed by atoms with van der Waals surface area (Å²) in [6.07, 6.45) is 1.22. The lowest BCUT2D eigenvalue weighted by atomic mass is 9.77. The van der Waals surface area contributed by atoms with E-state index >= 15 is 0 Å². The van der Waals surface area contributed by atoms with E-state index in [1.54, 1.807) is 0 Å². The van der Waals surface area contributed by atoms with Crippen LogP contribution in [-0.4, -0.2) is 13.1 Å². The molecule has 19 heavy (non-hydrogen) atoms. The number of anilines is 2. The number of rotatable bonds is 0. The quantitative estimate of drug-likeness (QED) is 0.746. The molecule has 2 heteroatoms. The van der Waals surface area contributed by atoms with Crippen LogP contribution in [-0.2, 0) is 0 Å². The maximum absolute atomic E-state index is 3.63. The minimum atomic E-state index is 0.584. The molecule has 1 fully saturated rings. The molecule has 4 rings (SSSR count). The third-order valence-corrected chi connectivity index (χ3v) is 4.47. The van der Waals surface area contributed by atoms with Gasteiger partial charge in [-0.05, 0) is 42.1 Å². The Kier molecular flexibility index (Phi) is 2.56. The summed E-state index contributed by atoms with van der Waals surface area (Å²) in [5, 5.41) is 7.19. The summed E-state index contributed by atoms with van der Waals surface area (Å²) in [6.45, 7) is 2.20. The Morgan fingerprint density at radius 1 is 0.789 bits per heavy atom. The highest BCUT2D eigenvalue weighted by Crippen LogP contribution is 2.46. The zero-order valence-corrected chi connectivity index (χ0v) is 10.9. The Hall–Kier alpha value is -1.80. The van der Waals surface area contributed by atoms with Crippen LogP contribution in [0.3, 0.4) is 0 Å². The van der Waals surface area contributed by atoms with Gasteiger partial charge in [0.1, 0.15) is 0 Å². The summed E-state index contributed by atoms with van der Waals surface area (Å²) in [7, 11) is 0. The van der Waals surface area contributed by atoms with Crippen molar-refractivity contribution in [3.05, 3.63) is 59.7 Å². The fourth-order valence-electron chi connectivity index (χ4n) is 3.57. The van der Waals surface area contributed by atoms with Crippen molar-refractivity contribution in [2.24, 2.45) is 0 Å². The lowest BCUT2D eigenvalue weighted by molar-refractivity contribution is 0.407. The van der Waals surface area contributed by atoms with Gasteiger partial charge in [-0.25, -0.2) is 0 Å². The van der Waals surface area contributed by atoms with E-state index in [0.717, 1.165) is 13.1 Å². The second kappa shape index (κ2) is 4.39. The van der Waals surface area contributed by atoms with Gasteiger partial charge in [0.25, 0.3) is 0 Å². The van der Waals surface area contributed by atoms with Crippen LogP contribution in [0.15, 0.2) is 48.5 Å². The lowest BCUT2D eigenvalue weighted by Gasteiger charge is -2.32. The molecule has 0 bridgehead atoms. The van der Waals surface area contributed by atoms with E-state index in [4.69, 9.17) is 0 Å². The number of fused-ring (bicyclic) bond motifs is 5. The predicted molar refractivity (Wildman–Crippen MR) is 79.1 cm³/mol. The lowest BCUT2D eigenvalue weighted by Crippen LogP contribution is -2.33. The molecule has 2 aliphatic heterocycles. The standard InChI is InChI=1S/C17H18N2/c1-3-7-16-13(5-1)12-9-10-18-11-15(12)14-6-2-4-8-17(14)19-16/h1-8,12,15,18-19H,9-11H2. The van der Waals surface area contributed by atoms with Gasteiger partial charge in [0.05, 0.1) is 0 Å². The van der Waals surface area contributed by atoms with E-state index in [1.165, 1.54) is 28.9 Å². The Bertz CT molecular complexity index is 552. The van der Waals surface area contributed by atoms with Crippen LogP contribution in [0.4, 0.5) is 11.4 Å². The van der Waals surface area contributed by atoms with Crippen molar-refractivity contribution < 1.29 is 0 Å². The molecule has 2 heterocycles. The molecule has 0 aromatic heterocycles. The van der Waals surface area contributed by atoms with Crippen molar-refractivity contribution in [1.29, 1.82) is 0 Å². The molecule has 2 atom stereocenters. The van der Waals surface area contributed by atoms with Gasteiger partial charge in [-0.15, -0.1) is 0 Å². The first-order valence-electron chi connectivity index (χ1n) is 7.09. The molecule has 0 amide bonds. The highest BCUT2D eigenvalue weighted by atomic mass is 14.9. The van der Waals surface area contributed by atoms with Crippen molar-refractivity contribution in [3.63, 3.8) is 0 Å². The molecule has 1 saturated heterocycles. The van der Waals surface area contributed by atoms with E-state index in [1.807, 2.05) is 0 Å². The fourth-order valence-corrected chi connectivity index (χ4v) is 3.57. The van der Waals surface area contributed by atoms with E-state index in [0.29, 0.717) is 11.8 Å². The first-order valence-corrected chi connectivity index (χ1v) is 7.09. The highest BCUT2D eigenvalue weighted by Gasteiger charge is 2.32. The maximum atomic E-state index is 3.63. The van der Waals surface area contributed by atoms with Crippen LogP contribution in [0.1, 0.15) is 29.4 Å². The van der Waals surface area contributed by atoms with E-state index in [2.05, 4.69) is 59.2 Å². The zero-order valence-electron chi connectivity index (χ0n) is 10.9. The second-order valence-electron chi connectivity index (χ2n) is 5.51. The number of nitrogens with one attached hydrogen (secondary N) is 2. The maximum Gasteiger partial charge on any atom is 0.0420 e. The van der Waals surface area contributed by atoms with Crippen molar-refractivity contribution in [1.82, 2.24) is 5.32 Å². The molecule has 2 N–H and O–H groups in total. The molecule has 2 aromatic rings. The average Bonchev–Trinajstić information content (AvgIpc) is 2.62. The van der Waals surface area contributed by atoms with Crippen molar-refractivity contribution in [2.75, 3.05) is 18.4 Å². The Balaban J connectivity index is 1.92. The first-order chi connectivity index (χ1) is 9.43. The van der Waals surface area contributed by atoms with Gasteiger partial charge in [0.15, 0.2) is 0 Å². The van der Waals surface area contributed by atoms with Crippen LogP contribution >= 0.6 is 0 Å².